The Morgan fingerprint density at radius 2 is 2.05 bits per heavy atom. The summed E-state index contributed by atoms with van der Waals surface area (Å²) < 4.78 is 5.41. The third-order valence-corrected chi connectivity index (χ3v) is 3.69. The minimum absolute atomic E-state index is 0.0389. The largest absolute Gasteiger partial charge is 0.444 e. The topological polar surface area (TPSA) is 61.8 Å². The molecule has 0 aromatic heterocycles. The van der Waals surface area contributed by atoms with Crippen LogP contribution in [-0.4, -0.2) is 46.9 Å². The second-order valence-electron chi connectivity index (χ2n) is 6.77. The second kappa shape index (κ2) is 7.11. The summed E-state index contributed by atoms with van der Waals surface area (Å²) in [5, 5.41) is 13.0. The Kier molecular flexibility index (Phi) is 5.42. The van der Waals surface area contributed by atoms with Gasteiger partial charge in [-0.3, -0.25) is 0 Å². The summed E-state index contributed by atoms with van der Waals surface area (Å²) in [5.41, 5.74) is 0.686. The molecule has 5 nitrogen and oxygen atoms in total. The molecule has 0 unspecified atom stereocenters. The minimum Gasteiger partial charge on any atom is -0.444 e. The smallest absolute Gasteiger partial charge is 0.410 e. The summed E-state index contributed by atoms with van der Waals surface area (Å²) in [5.74, 6) is 0. The first-order valence-electron chi connectivity index (χ1n) is 7.77. The highest BCUT2D eigenvalue weighted by molar-refractivity contribution is 5.69. The number of carbonyl (C=O) groups is 1. The van der Waals surface area contributed by atoms with Crippen LogP contribution in [0.3, 0.4) is 0 Å². The summed E-state index contributed by atoms with van der Waals surface area (Å²) in [4.78, 5) is 13.8. The molecule has 122 valence electrons. The molecular formula is C17H26N2O3. The number of aliphatic hydroxyl groups excluding tert-OH is 1. The molecule has 0 saturated carbocycles. The predicted octanol–water partition coefficient (Wildman–Crippen LogP) is 2.15. The van der Waals surface area contributed by atoms with E-state index >= 15 is 0 Å². The Bertz CT molecular complexity index is 484. The van der Waals surface area contributed by atoms with Crippen molar-refractivity contribution in [2.24, 2.45) is 0 Å². The fourth-order valence-electron chi connectivity index (χ4n) is 2.64. The van der Waals surface area contributed by atoms with E-state index in [2.05, 4.69) is 17.4 Å². The van der Waals surface area contributed by atoms with Gasteiger partial charge in [-0.15, -0.1) is 0 Å². The van der Waals surface area contributed by atoms with E-state index in [0.717, 1.165) is 13.0 Å². The number of amides is 1. The van der Waals surface area contributed by atoms with Crippen LogP contribution in [0.5, 0.6) is 0 Å². The van der Waals surface area contributed by atoms with Crippen molar-refractivity contribution in [1.29, 1.82) is 0 Å². The normalized spacial score (nSPS) is 21.9. The molecule has 1 amide bonds. The number of aliphatic hydroxyl groups is 1. The summed E-state index contributed by atoms with van der Waals surface area (Å²) in [6, 6.07) is 10.1. The molecule has 1 aliphatic heterocycles. The lowest BCUT2D eigenvalue weighted by Crippen LogP contribution is -2.42. The van der Waals surface area contributed by atoms with Crippen molar-refractivity contribution < 1.29 is 14.6 Å². The maximum atomic E-state index is 12.2. The third-order valence-electron chi connectivity index (χ3n) is 3.69. The molecule has 5 heteroatoms. The maximum Gasteiger partial charge on any atom is 0.410 e. The number of hydrogen-bond acceptors (Lipinski definition) is 4. The van der Waals surface area contributed by atoms with Crippen LogP contribution in [0, 0.1) is 0 Å². The van der Waals surface area contributed by atoms with E-state index in [-0.39, 0.29) is 24.8 Å². The highest BCUT2D eigenvalue weighted by Gasteiger charge is 2.36. The van der Waals surface area contributed by atoms with Crippen LogP contribution >= 0.6 is 0 Å². The van der Waals surface area contributed by atoms with E-state index in [1.54, 1.807) is 4.90 Å². The number of nitrogens with one attached hydrogen (secondary N) is 1. The van der Waals surface area contributed by atoms with Crippen LogP contribution in [0.2, 0.25) is 0 Å². The lowest BCUT2D eigenvalue weighted by molar-refractivity contribution is 0.0174. The van der Waals surface area contributed by atoms with Crippen LogP contribution < -0.4 is 5.32 Å². The molecule has 0 aliphatic carbocycles. The lowest BCUT2D eigenvalue weighted by atomic mass is 10.1. The van der Waals surface area contributed by atoms with Gasteiger partial charge in [-0.05, 0) is 32.8 Å². The Labute approximate surface area is 132 Å². The van der Waals surface area contributed by atoms with Crippen LogP contribution in [0.1, 0.15) is 32.8 Å². The van der Waals surface area contributed by atoms with Gasteiger partial charge in [0.05, 0.1) is 12.6 Å². The van der Waals surface area contributed by atoms with Gasteiger partial charge >= 0.3 is 6.09 Å². The van der Waals surface area contributed by atoms with Gasteiger partial charge in [0.25, 0.3) is 0 Å². The van der Waals surface area contributed by atoms with E-state index in [1.807, 2.05) is 39.0 Å². The number of likely N-dealkylation sites (tertiary alicyclic amines) is 1. The maximum absolute atomic E-state index is 12.2. The van der Waals surface area contributed by atoms with Gasteiger partial charge < -0.3 is 20.1 Å². The molecule has 1 aromatic carbocycles. The predicted molar refractivity (Wildman–Crippen MR) is 85.5 cm³/mol. The molecule has 0 spiro atoms. The average molecular weight is 306 g/mol. The lowest BCUT2D eigenvalue weighted by Gasteiger charge is -2.27. The number of nitrogens with zero attached hydrogens (tertiary/aromatic N) is 1. The van der Waals surface area contributed by atoms with E-state index in [4.69, 9.17) is 4.74 Å². The van der Waals surface area contributed by atoms with Gasteiger partial charge in [-0.25, -0.2) is 4.79 Å². The summed E-state index contributed by atoms with van der Waals surface area (Å²) >= 11 is 0. The van der Waals surface area contributed by atoms with Gasteiger partial charge in [0.15, 0.2) is 0 Å². The molecule has 1 aliphatic rings. The molecule has 2 rings (SSSR count). The van der Waals surface area contributed by atoms with Crippen LogP contribution in [0.4, 0.5) is 4.79 Å². The third kappa shape index (κ3) is 4.71. The van der Waals surface area contributed by atoms with Crippen molar-refractivity contribution in [3.8, 4) is 0 Å². The zero-order chi connectivity index (χ0) is 16.2. The van der Waals surface area contributed by atoms with Crippen molar-refractivity contribution in [3.63, 3.8) is 0 Å². The van der Waals surface area contributed by atoms with Gasteiger partial charge in [-0.2, -0.15) is 0 Å². The van der Waals surface area contributed by atoms with Gasteiger partial charge in [0.1, 0.15) is 5.60 Å². The molecule has 0 radical (unpaired) electrons. The number of ether oxygens (including phenoxy) is 1. The number of rotatable bonds is 4. The zero-order valence-corrected chi connectivity index (χ0v) is 13.6. The first-order valence-corrected chi connectivity index (χ1v) is 7.77. The van der Waals surface area contributed by atoms with E-state index in [0.29, 0.717) is 6.54 Å². The van der Waals surface area contributed by atoms with Gasteiger partial charge in [0.2, 0.25) is 0 Å². The molecule has 1 heterocycles. The van der Waals surface area contributed by atoms with Crippen molar-refractivity contribution in [2.45, 2.75) is 51.4 Å². The van der Waals surface area contributed by atoms with Crippen molar-refractivity contribution in [1.82, 2.24) is 10.2 Å². The summed E-state index contributed by atoms with van der Waals surface area (Å²) in [6.07, 6.45) is 0.387. The molecule has 2 N–H and O–H groups in total. The highest BCUT2D eigenvalue weighted by atomic mass is 16.6. The monoisotopic (exact) mass is 306 g/mol. The summed E-state index contributed by atoms with van der Waals surface area (Å²) in [6.45, 7) is 6.82. The Morgan fingerprint density at radius 3 is 2.64 bits per heavy atom. The Hall–Kier alpha value is -1.59. The molecule has 1 saturated heterocycles. The number of benzene rings is 1. The molecule has 2 atom stereocenters. The quantitative estimate of drug-likeness (QED) is 0.895. The zero-order valence-electron chi connectivity index (χ0n) is 13.6. The molecule has 1 fully saturated rings. The highest BCUT2D eigenvalue weighted by Crippen LogP contribution is 2.21. The molecule has 0 bridgehead atoms. The van der Waals surface area contributed by atoms with Crippen molar-refractivity contribution in [3.05, 3.63) is 35.9 Å². The minimum atomic E-state index is -0.521. The second-order valence-corrected chi connectivity index (χ2v) is 6.77. The number of carbonyl (C=O) groups excluding carboxylic acids is 1. The van der Waals surface area contributed by atoms with Gasteiger partial charge in [0, 0.05) is 19.1 Å². The van der Waals surface area contributed by atoms with E-state index in [1.165, 1.54) is 5.56 Å². The fourth-order valence-corrected chi connectivity index (χ4v) is 2.64. The van der Waals surface area contributed by atoms with Crippen molar-refractivity contribution >= 4 is 6.09 Å². The molecular weight excluding hydrogens is 280 g/mol. The van der Waals surface area contributed by atoms with Crippen LogP contribution in [0.25, 0.3) is 0 Å². The van der Waals surface area contributed by atoms with Crippen LogP contribution in [-0.2, 0) is 11.3 Å². The Balaban J connectivity index is 1.90. The van der Waals surface area contributed by atoms with E-state index in [9.17, 15) is 9.90 Å². The molecule has 1 aromatic rings. The SMILES string of the molecule is CC(C)(C)OC(=O)N1C[C@H](NCc2ccccc2)C[C@H]1CO. The average Bonchev–Trinajstić information content (AvgIpc) is 2.88. The van der Waals surface area contributed by atoms with Crippen molar-refractivity contribution in [2.75, 3.05) is 13.2 Å². The first-order chi connectivity index (χ1) is 10.4. The van der Waals surface area contributed by atoms with Gasteiger partial charge in [-0.1, -0.05) is 30.3 Å². The first kappa shape index (κ1) is 16.8. The van der Waals surface area contributed by atoms with Crippen LogP contribution in [0.15, 0.2) is 30.3 Å². The van der Waals surface area contributed by atoms with E-state index < -0.39 is 5.60 Å². The summed E-state index contributed by atoms with van der Waals surface area (Å²) in [7, 11) is 0. The molecule has 22 heavy (non-hydrogen) atoms. The number of hydrogen-bond donors (Lipinski definition) is 2. The fraction of sp³-hybridized carbons (Fsp3) is 0.588. The standard InChI is InChI=1S/C17H26N2O3/c1-17(2,3)22-16(21)19-11-14(9-15(19)12-20)18-10-13-7-5-4-6-8-13/h4-8,14-15,18,20H,9-12H2,1-3H3/t14-,15+/m1/s1. The Morgan fingerprint density at radius 1 is 1.36 bits per heavy atom.